The van der Waals surface area contributed by atoms with Gasteiger partial charge >= 0.3 is 16.8 Å². The zero-order valence-corrected chi connectivity index (χ0v) is 56.4. The summed E-state index contributed by atoms with van der Waals surface area (Å²) in [6, 6.07) is 2.65. The quantitative estimate of drug-likeness (QED) is 0.0481. The molecule has 508 valence electrons. The minimum atomic E-state index is -5.32. The molecule has 7 amide bonds. The summed E-state index contributed by atoms with van der Waals surface area (Å²) in [6.07, 6.45) is -4.79. The third-order valence-corrected chi connectivity index (χ3v) is 21.6. The molecule has 6 aliphatic rings. The Bertz CT molecular complexity index is 3600. The molecule has 15 atom stereocenters. The van der Waals surface area contributed by atoms with Crippen LogP contribution in [0.5, 0.6) is 0 Å². The minimum absolute atomic E-state index is 0. The molecule has 8 rings (SSSR count). The first-order valence-corrected chi connectivity index (χ1v) is 32.2. The number of amides is 7. The zero-order chi connectivity index (χ0) is 68.7. The Labute approximate surface area is 551 Å². The maximum absolute atomic E-state index is 14.4. The number of nitrogens with zero attached hydrogens (tertiary/aromatic N) is 7. The number of phosphoric ester groups is 1. The molecule has 2 saturated heterocycles. The molecule has 0 saturated carbocycles. The number of fused-ring (bicyclic) bond motifs is 7. The standard InChI is InChI=1S/C62H90N13O14P.CN.Co/c1-29-20-39-40(21-30(29)2)75(28-70-39)57-52(84)53(41(27-76)87-57)89-90(85,86)88-31(3)26-69-49(83)18-19-59(8)37(22-46(66)80)56-62(11)61(10,25-48(68)82)36(14-17-45(65)79)51(74-62)33(5)55-60(9,24-47(67)81)34(12-15-43(63)77)38(71-55)23-42-58(6,7)35(13-16-44(64)78)50(72-42)32(4)54(59)73-56;1-2;/h20-21,23,28,31,34-37,41,52-53,56-57,76,84H,12-19,22,24-27H2,1-11H3,(H15,63,64,65,66,67,68,69,71,72,73,74,77,78,79,80,81,82,83,85,86);;/q;-1;+3/p-2/t31-,34+,35+,36+,37-,41+,52+,53+,56+,57-,59+,60-,61-,62-;;/m0../s1. The number of allylic oxidation sites excluding steroid dienone is 6. The van der Waals surface area contributed by atoms with Crippen molar-refractivity contribution in [3.8, 4) is 0 Å². The molecule has 0 radical (unpaired) electrons. The van der Waals surface area contributed by atoms with Crippen LogP contribution < -0.4 is 44.6 Å². The van der Waals surface area contributed by atoms with Crippen molar-refractivity contribution in [3.63, 3.8) is 0 Å². The van der Waals surface area contributed by atoms with Gasteiger partial charge in [-0.1, -0.05) is 40.7 Å². The number of primary amides is 6. The van der Waals surface area contributed by atoms with Gasteiger partial charge in [-0.15, -0.1) is 0 Å². The van der Waals surface area contributed by atoms with E-state index in [1.807, 2.05) is 80.5 Å². The van der Waals surface area contributed by atoms with Crippen LogP contribution in [0.2, 0.25) is 0 Å². The molecule has 6 aliphatic heterocycles. The van der Waals surface area contributed by atoms with E-state index in [4.69, 9.17) is 80.3 Å². The average Bonchev–Trinajstić information content (AvgIpc) is 1.53. The maximum atomic E-state index is 14.4. The van der Waals surface area contributed by atoms with Crippen LogP contribution in [0.4, 0.5) is 0 Å². The summed E-state index contributed by atoms with van der Waals surface area (Å²) < 4.78 is 31.9. The number of benzene rings is 1. The molecule has 28 nitrogen and oxygen atoms in total. The van der Waals surface area contributed by atoms with E-state index in [1.54, 1.807) is 6.92 Å². The number of phosphoric acid groups is 1. The predicted octanol–water partition coefficient (Wildman–Crippen LogP) is 3.41. The van der Waals surface area contributed by atoms with Gasteiger partial charge in [-0.3, -0.25) is 53.1 Å². The Hall–Kier alpha value is -7.00. The first-order chi connectivity index (χ1) is 42.8. The number of aliphatic hydroxyl groups is 2. The molecule has 15 N–H and O–H groups in total. The normalized spacial score (nSPS) is 33.1. The van der Waals surface area contributed by atoms with Crippen molar-refractivity contribution < 1.29 is 83.8 Å². The molecule has 1 aromatic carbocycles. The number of imidazole rings is 1. The van der Waals surface area contributed by atoms with Gasteiger partial charge in [-0.05, 0) is 113 Å². The Morgan fingerprint density at radius 2 is 1.41 bits per heavy atom. The van der Waals surface area contributed by atoms with Gasteiger partial charge in [0.05, 0.1) is 47.3 Å². The van der Waals surface area contributed by atoms with Crippen LogP contribution in [0.3, 0.4) is 0 Å². The van der Waals surface area contributed by atoms with Crippen LogP contribution in [0.15, 0.2) is 67.8 Å². The van der Waals surface area contributed by atoms with Gasteiger partial charge in [0.2, 0.25) is 41.4 Å². The van der Waals surface area contributed by atoms with Gasteiger partial charge in [0.15, 0.2) is 6.23 Å². The van der Waals surface area contributed by atoms with E-state index >= 15 is 0 Å². The smallest absolute Gasteiger partial charge is 0.756 e. The Kier molecular flexibility index (Phi) is 23.0. The van der Waals surface area contributed by atoms with Crippen LogP contribution in [-0.4, -0.2) is 127 Å². The fourth-order valence-corrected chi connectivity index (χ4v) is 16.4. The average molecular weight is 1360 g/mol. The van der Waals surface area contributed by atoms with E-state index in [0.717, 1.165) is 11.1 Å². The summed E-state index contributed by atoms with van der Waals surface area (Å²) in [5.74, 6) is -7.40. The molecular weight excluding hydrogens is 1270 g/mol. The molecule has 2 fully saturated rings. The maximum Gasteiger partial charge on any atom is 3.00 e. The van der Waals surface area contributed by atoms with Gasteiger partial charge in [0.1, 0.15) is 18.3 Å². The number of carbonyl (C=O) groups excluding carboxylic acids is 7. The number of aromatic nitrogens is 2. The number of nitrogens with one attached hydrogen (secondary N) is 1. The monoisotopic (exact) mass is 1350 g/mol. The van der Waals surface area contributed by atoms with E-state index < -0.39 is 143 Å². The van der Waals surface area contributed by atoms with Crippen LogP contribution in [0.25, 0.3) is 16.4 Å². The van der Waals surface area contributed by atoms with Gasteiger partial charge in [0, 0.05) is 103 Å². The molecular formula is C63H88CoN14O14P. The fourth-order valence-electron chi connectivity index (χ4n) is 15.3. The number of hydrogen-bond donors (Lipinski definition) is 9. The second-order valence-electron chi connectivity index (χ2n) is 27.0. The Balaban J connectivity index is 0.00000453. The summed E-state index contributed by atoms with van der Waals surface area (Å²) in [7, 11) is -5.32. The minimum Gasteiger partial charge on any atom is -0.756 e. The second kappa shape index (κ2) is 28.5. The fraction of sp³-hybridized carbons (Fsp3) is 0.619. The van der Waals surface area contributed by atoms with Crippen molar-refractivity contribution in [2.45, 2.75) is 189 Å². The van der Waals surface area contributed by atoms with E-state index in [0.29, 0.717) is 56.4 Å². The van der Waals surface area contributed by atoms with Crippen LogP contribution in [-0.2, 0) is 68.7 Å². The Morgan fingerprint density at radius 1 is 0.828 bits per heavy atom. The number of aliphatic imine (C=N–C) groups is 3. The van der Waals surface area contributed by atoms with E-state index in [-0.39, 0.29) is 94.0 Å². The molecule has 93 heavy (non-hydrogen) atoms. The Morgan fingerprint density at radius 3 is 1.98 bits per heavy atom. The first kappa shape index (κ1) is 75.0. The number of nitrogens with two attached hydrogens (primary N) is 6. The summed E-state index contributed by atoms with van der Waals surface area (Å²) in [6.45, 7) is 23.7. The topological polar surface area (TPSA) is 489 Å². The summed E-state index contributed by atoms with van der Waals surface area (Å²) >= 11 is 0. The number of ether oxygens (including phenoxy) is 1. The largest absolute Gasteiger partial charge is 3.00 e. The van der Waals surface area contributed by atoms with Crippen molar-refractivity contribution in [1.82, 2.24) is 14.9 Å². The van der Waals surface area contributed by atoms with E-state index in [2.05, 4.69) is 10.3 Å². The summed E-state index contributed by atoms with van der Waals surface area (Å²) in [5, 5.41) is 36.1. The first-order valence-electron chi connectivity index (χ1n) is 30.7. The molecule has 0 aliphatic carbocycles. The number of hydrogen-bond acceptors (Lipinski definition) is 19. The van der Waals surface area contributed by atoms with Crippen molar-refractivity contribution in [2.75, 3.05) is 13.2 Å². The molecule has 2 aromatic rings. The van der Waals surface area contributed by atoms with Crippen molar-refractivity contribution in [1.29, 1.82) is 5.26 Å². The summed E-state index contributed by atoms with van der Waals surface area (Å²) in [4.78, 5) is 128. The van der Waals surface area contributed by atoms with Crippen LogP contribution >= 0.6 is 7.82 Å². The molecule has 30 heteroatoms. The van der Waals surface area contributed by atoms with Crippen molar-refractivity contribution in [2.24, 2.45) is 94.7 Å². The van der Waals surface area contributed by atoms with Crippen molar-refractivity contribution >= 4 is 77.3 Å². The third-order valence-electron chi connectivity index (χ3n) is 20.5. The second-order valence-corrected chi connectivity index (χ2v) is 28.3. The van der Waals surface area contributed by atoms with Crippen LogP contribution in [0.1, 0.15) is 150 Å². The van der Waals surface area contributed by atoms with Gasteiger partial charge < -0.3 is 90.3 Å². The number of aliphatic hydroxyl groups excluding tert-OH is 2. The SMILES string of the molecule is C/C1=C2/[N-]/C(=C\C3=NC(=C(/C)C4=N[C@@](C)([C@@H]5N=C1[C@](C)(CCC(=O)NC[C@H](C)OP(=O)([O-])O[C@H]1[C@@H](O)[C@@H](n6cnc7cc(C)c(C)cc76)O[C@@H]1CO)[C@H]5CC(N)=O)[C@@](C)(CC(N)=O)[C@@H]4CCC(N)=O)/[C@@](C)(CC(N)=O)[C@@H]3CCC(N)=O)C(C)(C)[C@@H]2CCC(N)=O.[C-]#N.[Co+3]. The molecule has 1 unspecified atom stereocenters. The third kappa shape index (κ3) is 14.6. The predicted molar refractivity (Wildman–Crippen MR) is 337 cm³/mol. The molecule has 1 aromatic heterocycles. The van der Waals surface area contributed by atoms with Crippen LogP contribution in [0, 0.1) is 71.0 Å². The summed E-state index contributed by atoms with van der Waals surface area (Å²) in [5.41, 5.74) is 36.7. The number of aryl methyl sites for hydroxylation is 2. The molecule has 8 bridgehead atoms. The molecule has 7 heterocycles. The number of rotatable bonds is 26. The van der Waals surface area contributed by atoms with Gasteiger partial charge in [-0.2, -0.15) is 11.4 Å². The zero-order valence-electron chi connectivity index (χ0n) is 54.4. The van der Waals surface area contributed by atoms with E-state index in [9.17, 15) is 53.2 Å². The van der Waals surface area contributed by atoms with Gasteiger partial charge in [-0.25, -0.2) is 4.98 Å². The number of carbonyl (C=O) groups is 7. The van der Waals surface area contributed by atoms with Gasteiger partial charge in [0.25, 0.3) is 7.82 Å². The van der Waals surface area contributed by atoms with E-state index in [1.165, 1.54) is 17.8 Å². The van der Waals surface area contributed by atoms with Crippen molar-refractivity contribution in [3.05, 3.63) is 75.8 Å². The molecule has 0 spiro atoms.